The number of para-hydroxylation sites is 1. The zero-order valence-electron chi connectivity index (χ0n) is 20.4. The van der Waals surface area contributed by atoms with E-state index in [1.54, 1.807) is 72.8 Å². The van der Waals surface area contributed by atoms with E-state index < -0.39 is 0 Å². The molecule has 0 saturated carbocycles. The summed E-state index contributed by atoms with van der Waals surface area (Å²) in [5, 5.41) is 3.34. The fraction of sp³-hybridized carbons (Fsp3) is 0.0333. The van der Waals surface area contributed by atoms with Crippen molar-refractivity contribution in [3.63, 3.8) is 0 Å². The van der Waals surface area contributed by atoms with E-state index in [0.717, 1.165) is 11.3 Å². The maximum absolute atomic E-state index is 13.2. The molecule has 6 nitrogen and oxygen atoms in total. The summed E-state index contributed by atoms with van der Waals surface area (Å²) in [6.45, 7) is -0.168. The van der Waals surface area contributed by atoms with E-state index in [0.29, 0.717) is 37.1 Å². The summed E-state index contributed by atoms with van der Waals surface area (Å²) in [5.74, 6) is 1.37. The summed E-state index contributed by atoms with van der Waals surface area (Å²) in [6, 6.07) is 30.6. The molecule has 9 heteroatoms. The molecule has 0 unspecified atom stereocenters. The van der Waals surface area contributed by atoms with Gasteiger partial charge in [-0.2, -0.15) is 0 Å². The first kappa shape index (κ1) is 26.5. The zero-order chi connectivity index (χ0) is 27.2. The van der Waals surface area contributed by atoms with Crippen LogP contribution in [0.2, 0.25) is 5.02 Å². The number of benzene rings is 4. The van der Waals surface area contributed by atoms with Crippen LogP contribution in [0.15, 0.2) is 108 Å². The van der Waals surface area contributed by atoms with Crippen LogP contribution in [0.1, 0.15) is 5.56 Å². The molecule has 1 heterocycles. The first-order chi connectivity index (χ1) is 18.9. The van der Waals surface area contributed by atoms with Crippen molar-refractivity contribution < 1.29 is 19.1 Å². The van der Waals surface area contributed by atoms with Gasteiger partial charge in [0.25, 0.3) is 11.8 Å². The fourth-order valence-electron chi connectivity index (χ4n) is 3.70. The van der Waals surface area contributed by atoms with E-state index in [-0.39, 0.29) is 18.4 Å². The second-order valence-electron chi connectivity index (χ2n) is 8.34. The lowest BCUT2D eigenvalue weighted by molar-refractivity contribution is -0.118. The van der Waals surface area contributed by atoms with Gasteiger partial charge in [-0.1, -0.05) is 65.9 Å². The lowest BCUT2D eigenvalue weighted by Crippen LogP contribution is -2.27. The minimum absolute atomic E-state index is 0.168. The standard InChI is InChI=1S/C30H21ClN2O4S2/c31-21-9-11-22(12-10-21)32-28(34)19-36-26-8-4-5-20(17-26)18-27-29(35)33(30(38)39-27)23-13-15-25(16-14-23)37-24-6-2-1-3-7-24/h1-18H,19H2,(H,32,34)/b27-18-. The Morgan fingerprint density at radius 1 is 0.897 bits per heavy atom. The van der Waals surface area contributed by atoms with Crippen LogP contribution >= 0.6 is 35.6 Å². The van der Waals surface area contributed by atoms with Crippen molar-refractivity contribution in [1.29, 1.82) is 0 Å². The van der Waals surface area contributed by atoms with Crippen molar-refractivity contribution in [2.45, 2.75) is 0 Å². The number of hydrogen-bond donors (Lipinski definition) is 1. The van der Waals surface area contributed by atoms with Gasteiger partial charge in [-0.15, -0.1) is 0 Å². The van der Waals surface area contributed by atoms with Gasteiger partial charge in [0.05, 0.1) is 10.6 Å². The van der Waals surface area contributed by atoms with Gasteiger partial charge in [-0.25, -0.2) is 0 Å². The van der Waals surface area contributed by atoms with Gasteiger partial charge in [0, 0.05) is 10.7 Å². The monoisotopic (exact) mass is 572 g/mol. The van der Waals surface area contributed by atoms with Crippen LogP contribution in [0.25, 0.3) is 6.08 Å². The van der Waals surface area contributed by atoms with Crippen molar-refractivity contribution >= 4 is 69.2 Å². The number of nitrogens with one attached hydrogen (secondary N) is 1. The molecule has 0 atom stereocenters. The Balaban J connectivity index is 1.22. The number of anilines is 2. The average Bonchev–Trinajstić information content (AvgIpc) is 3.22. The van der Waals surface area contributed by atoms with Crippen LogP contribution < -0.4 is 19.7 Å². The number of thiocarbonyl (C=S) groups is 1. The van der Waals surface area contributed by atoms with Crippen molar-refractivity contribution in [3.05, 3.63) is 119 Å². The number of hydrogen-bond acceptors (Lipinski definition) is 6. The second kappa shape index (κ2) is 12.2. The largest absolute Gasteiger partial charge is 0.484 e. The van der Waals surface area contributed by atoms with E-state index in [1.165, 1.54) is 16.7 Å². The number of thioether (sulfide) groups is 1. The molecule has 2 amide bonds. The van der Waals surface area contributed by atoms with Crippen LogP contribution in [-0.4, -0.2) is 22.7 Å². The maximum Gasteiger partial charge on any atom is 0.270 e. The number of nitrogens with zero attached hydrogens (tertiary/aromatic N) is 1. The van der Waals surface area contributed by atoms with Gasteiger partial charge in [-0.3, -0.25) is 14.5 Å². The highest BCUT2D eigenvalue weighted by molar-refractivity contribution is 8.27. The summed E-state index contributed by atoms with van der Waals surface area (Å²) < 4.78 is 11.9. The smallest absolute Gasteiger partial charge is 0.270 e. The van der Waals surface area contributed by atoms with Gasteiger partial charge in [-0.05, 0) is 84.4 Å². The average molecular weight is 573 g/mol. The Bertz CT molecular complexity index is 1540. The fourth-order valence-corrected chi connectivity index (χ4v) is 5.13. The molecule has 0 aliphatic carbocycles. The predicted molar refractivity (Wildman–Crippen MR) is 161 cm³/mol. The second-order valence-corrected chi connectivity index (χ2v) is 10.5. The molecule has 1 aliphatic heterocycles. The quantitative estimate of drug-likeness (QED) is 0.174. The Kier molecular flexibility index (Phi) is 8.27. The third-order valence-electron chi connectivity index (χ3n) is 5.52. The molecule has 194 valence electrons. The number of carbonyl (C=O) groups is 2. The molecular weight excluding hydrogens is 552 g/mol. The Labute approximate surface area is 240 Å². The first-order valence-corrected chi connectivity index (χ1v) is 13.4. The molecule has 39 heavy (non-hydrogen) atoms. The Hall–Kier alpha value is -4.11. The van der Waals surface area contributed by atoms with Gasteiger partial charge in [0.15, 0.2) is 10.9 Å². The van der Waals surface area contributed by atoms with E-state index in [1.807, 2.05) is 36.4 Å². The number of amides is 2. The summed E-state index contributed by atoms with van der Waals surface area (Å²) in [7, 11) is 0. The number of rotatable bonds is 8. The van der Waals surface area contributed by atoms with Gasteiger partial charge >= 0.3 is 0 Å². The summed E-state index contributed by atoms with van der Waals surface area (Å²) in [5.41, 5.74) is 2.03. The molecule has 0 bridgehead atoms. The highest BCUT2D eigenvalue weighted by Gasteiger charge is 2.33. The maximum atomic E-state index is 13.2. The van der Waals surface area contributed by atoms with E-state index in [2.05, 4.69) is 5.32 Å². The molecule has 1 N–H and O–H groups in total. The number of ether oxygens (including phenoxy) is 2. The summed E-state index contributed by atoms with van der Waals surface area (Å²) in [4.78, 5) is 27.4. The number of carbonyl (C=O) groups excluding carboxylic acids is 2. The minimum atomic E-state index is -0.302. The van der Waals surface area contributed by atoms with Crippen LogP contribution in [-0.2, 0) is 9.59 Å². The molecule has 1 saturated heterocycles. The first-order valence-electron chi connectivity index (χ1n) is 11.8. The highest BCUT2D eigenvalue weighted by Crippen LogP contribution is 2.37. The molecule has 5 rings (SSSR count). The van der Waals surface area contributed by atoms with Crippen molar-refractivity contribution in [2.75, 3.05) is 16.8 Å². The van der Waals surface area contributed by atoms with Crippen molar-refractivity contribution in [3.8, 4) is 17.2 Å². The Morgan fingerprint density at radius 2 is 1.59 bits per heavy atom. The summed E-state index contributed by atoms with van der Waals surface area (Å²) >= 11 is 12.6. The normalized spacial score (nSPS) is 14.0. The van der Waals surface area contributed by atoms with Crippen LogP contribution in [0, 0.1) is 0 Å². The number of halogens is 1. The molecule has 1 fully saturated rings. The van der Waals surface area contributed by atoms with E-state index in [4.69, 9.17) is 33.3 Å². The highest BCUT2D eigenvalue weighted by atomic mass is 35.5. The molecule has 1 aliphatic rings. The molecule has 0 spiro atoms. The van der Waals surface area contributed by atoms with Crippen LogP contribution in [0.4, 0.5) is 11.4 Å². The van der Waals surface area contributed by atoms with Gasteiger partial charge in [0.1, 0.15) is 17.2 Å². The molecule has 4 aromatic carbocycles. The SMILES string of the molecule is O=C(COc1cccc(/C=C2\SC(=S)N(c3ccc(Oc4ccccc4)cc3)C2=O)c1)Nc1ccc(Cl)cc1. The van der Waals surface area contributed by atoms with Gasteiger partial charge in [0.2, 0.25) is 0 Å². The minimum Gasteiger partial charge on any atom is -0.484 e. The molecule has 4 aromatic rings. The molecule has 0 aromatic heterocycles. The van der Waals surface area contributed by atoms with E-state index >= 15 is 0 Å². The van der Waals surface area contributed by atoms with Gasteiger partial charge < -0.3 is 14.8 Å². The third-order valence-corrected chi connectivity index (χ3v) is 7.08. The Morgan fingerprint density at radius 3 is 2.33 bits per heavy atom. The van der Waals surface area contributed by atoms with Crippen molar-refractivity contribution in [1.82, 2.24) is 0 Å². The molecular formula is C30H21ClN2O4S2. The topological polar surface area (TPSA) is 67.9 Å². The zero-order valence-corrected chi connectivity index (χ0v) is 22.8. The lowest BCUT2D eigenvalue weighted by atomic mass is 10.2. The summed E-state index contributed by atoms with van der Waals surface area (Å²) in [6.07, 6.45) is 1.76. The van der Waals surface area contributed by atoms with Crippen LogP contribution in [0.3, 0.4) is 0 Å². The van der Waals surface area contributed by atoms with Crippen LogP contribution in [0.5, 0.6) is 17.2 Å². The third kappa shape index (κ3) is 6.86. The van der Waals surface area contributed by atoms with Crippen molar-refractivity contribution in [2.24, 2.45) is 0 Å². The lowest BCUT2D eigenvalue weighted by Gasteiger charge is -2.15. The predicted octanol–water partition coefficient (Wildman–Crippen LogP) is 7.56. The van der Waals surface area contributed by atoms with E-state index in [9.17, 15) is 9.59 Å². The molecule has 0 radical (unpaired) electrons.